The fourth-order valence-corrected chi connectivity index (χ4v) is 5.25. The number of amides is 1. The van der Waals surface area contributed by atoms with E-state index in [1.165, 1.54) is 31.3 Å². The van der Waals surface area contributed by atoms with Crippen LogP contribution < -0.4 is 4.90 Å². The summed E-state index contributed by atoms with van der Waals surface area (Å²) >= 11 is 7.57. The van der Waals surface area contributed by atoms with E-state index in [0.717, 1.165) is 21.3 Å². The summed E-state index contributed by atoms with van der Waals surface area (Å²) in [5.41, 5.74) is 0.842. The van der Waals surface area contributed by atoms with Crippen molar-refractivity contribution >= 4 is 45.0 Å². The Kier molecular flexibility index (Phi) is 6.15. The number of benzene rings is 2. The average Bonchev–Trinajstić information content (AvgIpc) is 2.80. The highest BCUT2D eigenvalue weighted by Crippen LogP contribution is 2.37. The number of hydrogen-bond donors (Lipinski definition) is 0. The lowest BCUT2D eigenvalue weighted by Crippen LogP contribution is -2.41. The highest BCUT2D eigenvalue weighted by atomic mass is 35.5. The van der Waals surface area contributed by atoms with E-state index < -0.39 is 10.0 Å². The highest BCUT2D eigenvalue weighted by Gasteiger charge is 2.28. The molecule has 0 unspecified atom stereocenters. The van der Waals surface area contributed by atoms with Gasteiger partial charge in [-0.1, -0.05) is 30.7 Å². The molecule has 0 saturated heterocycles. The first-order valence-corrected chi connectivity index (χ1v) is 11.3. The highest BCUT2D eigenvalue weighted by molar-refractivity contribution is 8.00. The Labute approximate surface area is 169 Å². The van der Waals surface area contributed by atoms with Crippen molar-refractivity contribution in [2.45, 2.75) is 28.4 Å². The van der Waals surface area contributed by atoms with Crippen LogP contribution in [0.4, 0.5) is 5.69 Å². The SMILES string of the molecule is C[C@@H]1CCN(C(=O)CN(C)S(=O)(=O)c2ccc(Cl)cc2)c2ccccc2S1. The maximum Gasteiger partial charge on any atom is 0.243 e. The van der Waals surface area contributed by atoms with Crippen LogP contribution in [0, 0.1) is 0 Å². The van der Waals surface area contributed by atoms with Gasteiger partial charge in [0.1, 0.15) is 0 Å². The van der Waals surface area contributed by atoms with Crippen molar-refractivity contribution in [1.82, 2.24) is 4.31 Å². The molecule has 0 aromatic heterocycles. The number of carbonyl (C=O) groups is 1. The third-order valence-corrected chi connectivity index (χ3v) is 7.73. The van der Waals surface area contributed by atoms with E-state index >= 15 is 0 Å². The van der Waals surface area contributed by atoms with Crippen molar-refractivity contribution in [3.63, 3.8) is 0 Å². The van der Waals surface area contributed by atoms with E-state index in [4.69, 9.17) is 11.6 Å². The fourth-order valence-electron chi connectivity index (χ4n) is 2.89. The molecule has 0 radical (unpaired) electrons. The fraction of sp³-hybridized carbons (Fsp3) is 0.316. The quantitative estimate of drug-likeness (QED) is 0.747. The van der Waals surface area contributed by atoms with Crippen LogP contribution >= 0.6 is 23.4 Å². The molecule has 0 fully saturated rings. The van der Waals surface area contributed by atoms with Crippen molar-refractivity contribution in [2.75, 3.05) is 25.0 Å². The molecule has 27 heavy (non-hydrogen) atoms. The second-order valence-electron chi connectivity index (χ2n) is 6.45. The molecule has 0 saturated carbocycles. The van der Waals surface area contributed by atoms with E-state index in [-0.39, 0.29) is 17.3 Å². The van der Waals surface area contributed by atoms with Crippen LogP contribution in [-0.2, 0) is 14.8 Å². The van der Waals surface area contributed by atoms with E-state index in [2.05, 4.69) is 6.92 Å². The van der Waals surface area contributed by atoms with E-state index in [9.17, 15) is 13.2 Å². The van der Waals surface area contributed by atoms with Crippen LogP contribution in [0.15, 0.2) is 58.3 Å². The van der Waals surface area contributed by atoms with Gasteiger partial charge in [0.25, 0.3) is 0 Å². The molecule has 0 N–H and O–H groups in total. The van der Waals surface area contributed by atoms with Crippen molar-refractivity contribution in [1.29, 1.82) is 0 Å². The lowest BCUT2D eigenvalue weighted by atomic mass is 10.2. The van der Waals surface area contributed by atoms with Crippen LogP contribution in [0.1, 0.15) is 13.3 Å². The number of halogens is 1. The molecule has 2 aromatic carbocycles. The zero-order valence-corrected chi connectivity index (χ0v) is 17.5. The van der Waals surface area contributed by atoms with Gasteiger partial charge in [-0.05, 0) is 42.8 Å². The molecular weight excluding hydrogens is 404 g/mol. The average molecular weight is 425 g/mol. The second-order valence-corrected chi connectivity index (χ2v) is 10.4. The Morgan fingerprint density at radius 3 is 2.59 bits per heavy atom. The Morgan fingerprint density at radius 2 is 1.89 bits per heavy atom. The molecule has 1 aliphatic heterocycles. The maximum atomic E-state index is 13.0. The molecule has 0 bridgehead atoms. The van der Waals surface area contributed by atoms with E-state index in [1.54, 1.807) is 16.7 Å². The summed E-state index contributed by atoms with van der Waals surface area (Å²) in [5, 5.41) is 0.847. The Morgan fingerprint density at radius 1 is 1.22 bits per heavy atom. The molecule has 1 atom stereocenters. The number of thioether (sulfide) groups is 1. The number of likely N-dealkylation sites (N-methyl/N-ethyl adjacent to an activating group) is 1. The minimum Gasteiger partial charge on any atom is -0.310 e. The number of para-hydroxylation sites is 1. The molecule has 2 aromatic rings. The summed E-state index contributed by atoms with van der Waals surface area (Å²) < 4.78 is 26.6. The van der Waals surface area contributed by atoms with Gasteiger partial charge in [0.15, 0.2) is 0 Å². The minimum atomic E-state index is -3.76. The normalized spacial score (nSPS) is 17.5. The van der Waals surface area contributed by atoms with Gasteiger partial charge in [-0.25, -0.2) is 8.42 Å². The third kappa shape index (κ3) is 4.48. The van der Waals surface area contributed by atoms with Gasteiger partial charge in [-0.15, -0.1) is 11.8 Å². The first-order chi connectivity index (χ1) is 12.8. The molecule has 1 amide bonds. The van der Waals surface area contributed by atoms with Crippen molar-refractivity contribution in [3.8, 4) is 0 Å². The monoisotopic (exact) mass is 424 g/mol. The summed E-state index contributed by atoms with van der Waals surface area (Å²) in [6, 6.07) is 13.7. The number of fused-ring (bicyclic) bond motifs is 1. The smallest absolute Gasteiger partial charge is 0.243 e. The number of nitrogens with zero attached hydrogens (tertiary/aromatic N) is 2. The topological polar surface area (TPSA) is 57.7 Å². The van der Waals surface area contributed by atoms with Crippen LogP contribution in [0.3, 0.4) is 0 Å². The lowest BCUT2D eigenvalue weighted by molar-refractivity contribution is -0.118. The summed E-state index contributed by atoms with van der Waals surface area (Å²) in [6.45, 7) is 2.48. The molecule has 3 rings (SSSR count). The van der Waals surface area contributed by atoms with Crippen LogP contribution in [0.5, 0.6) is 0 Å². The largest absolute Gasteiger partial charge is 0.310 e. The van der Waals surface area contributed by atoms with Gasteiger partial charge < -0.3 is 4.90 Å². The predicted octanol–water partition coefficient (Wildman–Crippen LogP) is 3.88. The molecule has 0 spiro atoms. The molecule has 1 heterocycles. The number of rotatable bonds is 4. The first kappa shape index (κ1) is 20.2. The number of anilines is 1. The summed E-state index contributed by atoms with van der Waals surface area (Å²) in [7, 11) is -2.35. The lowest BCUT2D eigenvalue weighted by Gasteiger charge is -2.25. The van der Waals surface area contributed by atoms with Gasteiger partial charge in [0, 0.05) is 28.8 Å². The zero-order chi connectivity index (χ0) is 19.6. The Balaban J connectivity index is 1.81. The van der Waals surface area contributed by atoms with Crippen molar-refractivity contribution in [3.05, 3.63) is 53.6 Å². The zero-order valence-electron chi connectivity index (χ0n) is 15.1. The van der Waals surface area contributed by atoms with E-state index in [0.29, 0.717) is 16.8 Å². The van der Waals surface area contributed by atoms with Gasteiger partial charge in [-0.3, -0.25) is 4.79 Å². The third-order valence-electron chi connectivity index (χ3n) is 4.42. The van der Waals surface area contributed by atoms with Crippen LogP contribution in [0.2, 0.25) is 5.02 Å². The van der Waals surface area contributed by atoms with Gasteiger partial charge in [-0.2, -0.15) is 4.31 Å². The summed E-state index contributed by atoms with van der Waals surface area (Å²) in [5.74, 6) is -0.239. The van der Waals surface area contributed by atoms with Crippen molar-refractivity contribution in [2.24, 2.45) is 0 Å². The summed E-state index contributed by atoms with van der Waals surface area (Å²) in [4.78, 5) is 15.8. The van der Waals surface area contributed by atoms with E-state index in [1.807, 2.05) is 24.3 Å². The number of hydrogen-bond acceptors (Lipinski definition) is 4. The second kappa shape index (κ2) is 8.22. The van der Waals surface area contributed by atoms with Gasteiger partial charge in [0.05, 0.1) is 17.1 Å². The Hall–Kier alpha value is -1.54. The number of sulfonamides is 1. The van der Waals surface area contributed by atoms with Crippen LogP contribution in [0.25, 0.3) is 0 Å². The molecule has 1 aliphatic rings. The first-order valence-electron chi connectivity index (χ1n) is 8.57. The van der Waals surface area contributed by atoms with Crippen molar-refractivity contribution < 1.29 is 13.2 Å². The van der Waals surface area contributed by atoms with Gasteiger partial charge >= 0.3 is 0 Å². The molecule has 0 aliphatic carbocycles. The molecule has 5 nitrogen and oxygen atoms in total. The molecular formula is C19H21ClN2O3S2. The maximum absolute atomic E-state index is 13.0. The summed E-state index contributed by atoms with van der Waals surface area (Å²) in [6.07, 6.45) is 0.846. The number of carbonyl (C=O) groups excluding carboxylic acids is 1. The van der Waals surface area contributed by atoms with Gasteiger partial charge in [0.2, 0.25) is 15.9 Å². The predicted molar refractivity (Wildman–Crippen MR) is 110 cm³/mol. The van der Waals surface area contributed by atoms with Crippen LogP contribution in [-0.4, -0.2) is 44.0 Å². The standard InChI is InChI=1S/C19H21ClN2O3S2/c1-14-11-12-22(17-5-3-4-6-18(17)26-14)19(23)13-21(2)27(24,25)16-9-7-15(20)8-10-16/h3-10,14H,11-13H2,1-2H3/t14-/m1/s1. The molecule has 144 valence electrons. The minimum absolute atomic E-state index is 0.114. The molecule has 8 heteroatoms. The Bertz CT molecular complexity index is 932.